The normalized spacial score (nSPS) is 15.5. The van der Waals surface area contributed by atoms with Gasteiger partial charge < -0.3 is 9.80 Å². The first-order valence-electron chi connectivity index (χ1n) is 9.53. The molecule has 0 aliphatic carbocycles. The number of sulfonamides is 1. The van der Waals surface area contributed by atoms with E-state index >= 15 is 0 Å². The van der Waals surface area contributed by atoms with Crippen molar-refractivity contribution < 1.29 is 13.2 Å². The molecule has 0 N–H and O–H groups in total. The average Bonchev–Trinajstić information content (AvgIpc) is 3.11. The van der Waals surface area contributed by atoms with Crippen molar-refractivity contribution in [1.29, 1.82) is 0 Å². The number of aromatic nitrogens is 2. The highest BCUT2D eigenvalue weighted by atomic mass is 35.5. The number of amides is 1. The largest absolute Gasteiger partial charge is 0.369 e. The van der Waals surface area contributed by atoms with Crippen molar-refractivity contribution in [2.45, 2.75) is 18.4 Å². The monoisotopic (exact) mass is 439 g/mol. The van der Waals surface area contributed by atoms with E-state index in [9.17, 15) is 13.2 Å². The molecule has 1 amide bonds. The maximum atomic E-state index is 13.2. The topological polar surface area (TPSA) is 78.8 Å². The third-order valence-electron chi connectivity index (χ3n) is 4.95. The van der Waals surface area contributed by atoms with Gasteiger partial charge in [0, 0.05) is 63.7 Å². The minimum Gasteiger partial charge on any atom is -0.369 e. The van der Waals surface area contributed by atoms with Gasteiger partial charge in [-0.25, -0.2) is 8.42 Å². The first kappa shape index (κ1) is 21.6. The van der Waals surface area contributed by atoms with Crippen LogP contribution in [0.2, 0.25) is 5.02 Å². The van der Waals surface area contributed by atoms with Crippen LogP contribution in [0.5, 0.6) is 0 Å². The molecule has 0 unspecified atom stereocenters. The minimum atomic E-state index is -3.87. The molecule has 1 aliphatic rings. The van der Waals surface area contributed by atoms with Gasteiger partial charge in [0.2, 0.25) is 5.03 Å². The summed E-state index contributed by atoms with van der Waals surface area (Å²) < 4.78 is 29.3. The average molecular weight is 440 g/mol. The van der Waals surface area contributed by atoms with E-state index in [0.717, 1.165) is 12.1 Å². The zero-order chi connectivity index (χ0) is 21.2. The Morgan fingerprint density at radius 1 is 1.17 bits per heavy atom. The molecule has 0 radical (unpaired) electrons. The number of halogens is 1. The maximum Gasteiger partial charge on any atom is 0.263 e. The van der Waals surface area contributed by atoms with Gasteiger partial charge in [0.15, 0.2) is 0 Å². The minimum absolute atomic E-state index is 0.114. The van der Waals surface area contributed by atoms with Crippen LogP contribution in [0.1, 0.15) is 23.7 Å². The second kappa shape index (κ2) is 8.73. The number of rotatable bonds is 6. The van der Waals surface area contributed by atoms with Crippen LogP contribution in [0.3, 0.4) is 0 Å². The van der Waals surface area contributed by atoms with Crippen molar-refractivity contribution in [2.24, 2.45) is 7.05 Å². The summed E-state index contributed by atoms with van der Waals surface area (Å²) >= 11 is 5.94. The molecular formula is C19H26ClN5O3S. The summed E-state index contributed by atoms with van der Waals surface area (Å²) in [5.74, 6) is -0.335. The van der Waals surface area contributed by atoms with E-state index in [1.807, 2.05) is 31.2 Å². The summed E-state index contributed by atoms with van der Waals surface area (Å²) in [5.41, 5.74) is 1.12. The summed E-state index contributed by atoms with van der Waals surface area (Å²) in [7, 11) is -0.586. The van der Waals surface area contributed by atoms with Crippen LogP contribution in [0.4, 0.5) is 5.69 Å². The lowest BCUT2D eigenvalue weighted by molar-refractivity contribution is 0.0791. The molecule has 1 aromatic heterocycles. The third kappa shape index (κ3) is 4.57. The van der Waals surface area contributed by atoms with Gasteiger partial charge in [-0.1, -0.05) is 18.5 Å². The number of hydrogen-bond acceptors (Lipinski definition) is 5. The maximum absolute atomic E-state index is 13.2. The van der Waals surface area contributed by atoms with Crippen LogP contribution in [0.25, 0.3) is 0 Å². The number of anilines is 1. The highest BCUT2D eigenvalue weighted by Gasteiger charge is 2.35. The summed E-state index contributed by atoms with van der Waals surface area (Å²) in [6.45, 7) is 4.25. The molecule has 1 fully saturated rings. The fourth-order valence-electron chi connectivity index (χ4n) is 3.41. The molecule has 2 heterocycles. The smallest absolute Gasteiger partial charge is 0.263 e. The Morgan fingerprint density at radius 2 is 1.79 bits per heavy atom. The summed E-state index contributed by atoms with van der Waals surface area (Å²) in [6.07, 6.45) is 2.27. The zero-order valence-corrected chi connectivity index (χ0v) is 18.4. The number of nitrogens with zero attached hydrogens (tertiary/aromatic N) is 5. The molecule has 10 heteroatoms. The van der Waals surface area contributed by atoms with E-state index in [2.05, 4.69) is 10.00 Å². The fraction of sp³-hybridized carbons (Fsp3) is 0.474. The number of hydrogen-bond donors (Lipinski definition) is 0. The van der Waals surface area contributed by atoms with Crippen LogP contribution < -0.4 is 4.90 Å². The lowest BCUT2D eigenvalue weighted by atomic mass is 10.2. The van der Waals surface area contributed by atoms with E-state index in [4.69, 9.17) is 11.6 Å². The molecule has 1 aromatic carbocycles. The summed E-state index contributed by atoms with van der Waals surface area (Å²) in [5, 5.41) is 4.61. The molecule has 0 atom stereocenters. The molecule has 29 heavy (non-hydrogen) atoms. The predicted molar refractivity (Wildman–Crippen MR) is 113 cm³/mol. The van der Waals surface area contributed by atoms with Gasteiger partial charge in [0.25, 0.3) is 15.9 Å². The number of carbonyl (C=O) groups is 1. The van der Waals surface area contributed by atoms with Crippen LogP contribution in [0, 0.1) is 0 Å². The molecule has 2 aromatic rings. The Balaban J connectivity index is 1.78. The SMILES string of the molecule is CCCN(C)C(=O)c1cn(C)nc1S(=O)(=O)N1CCN(c2ccc(Cl)cc2)CC1. The van der Waals surface area contributed by atoms with Gasteiger partial charge in [-0.3, -0.25) is 9.48 Å². The van der Waals surface area contributed by atoms with Crippen molar-refractivity contribution >= 4 is 33.2 Å². The molecule has 0 spiro atoms. The Labute approximate surface area is 176 Å². The molecule has 1 saturated heterocycles. The van der Waals surface area contributed by atoms with Gasteiger partial charge in [0.05, 0.1) is 5.56 Å². The van der Waals surface area contributed by atoms with Gasteiger partial charge in [0.1, 0.15) is 0 Å². The Morgan fingerprint density at radius 3 is 2.38 bits per heavy atom. The molecule has 8 nitrogen and oxygen atoms in total. The lowest BCUT2D eigenvalue weighted by Gasteiger charge is -2.35. The Hall–Kier alpha value is -2.10. The second-order valence-electron chi connectivity index (χ2n) is 7.12. The fourth-order valence-corrected chi connectivity index (χ4v) is 5.07. The van der Waals surface area contributed by atoms with Gasteiger partial charge in [-0.05, 0) is 30.7 Å². The molecule has 0 saturated carbocycles. The van der Waals surface area contributed by atoms with Crippen molar-refractivity contribution in [1.82, 2.24) is 19.0 Å². The first-order valence-corrected chi connectivity index (χ1v) is 11.4. The highest BCUT2D eigenvalue weighted by Crippen LogP contribution is 2.24. The number of aryl methyl sites for hydroxylation is 1. The van der Waals surface area contributed by atoms with Crippen LogP contribution in [-0.4, -0.2) is 73.1 Å². The Bertz CT molecular complexity index is 966. The van der Waals surface area contributed by atoms with E-state index in [1.54, 1.807) is 14.1 Å². The van der Waals surface area contributed by atoms with Crippen molar-refractivity contribution in [3.05, 3.63) is 41.0 Å². The lowest BCUT2D eigenvalue weighted by Crippen LogP contribution is -2.49. The molecule has 3 rings (SSSR count). The van der Waals surface area contributed by atoms with Crippen molar-refractivity contribution in [3.8, 4) is 0 Å². The van der Waals surface area contributed by atoms with Crippen molar-refractivity contribution in [3.63, 3.8) is 0 Å². The molecule has 1 aliphatic heterocycles. The predicted octanol–water partition coefficient (Wildman–Crippen LogP) is 2.07. The van der Waals surface area contributed by atoms with E-state index in [1.165, 1.54) is 20.1 Å². The number of benzene rings is 1. The van der Waals surface area contributed by atoms with Crippen LogP contribution >= 0.6 is 11.6 Å². The van der Waals surface area contributed by atoms with Gasteiger partial charge in [-0.15, -0.1) is 0 Å². The number of carbonyl (C=O) groups excluding carboxylic acids is 1. The van der Waals surface area contributed by atoms with Crippen LogP contribution in [0.15, 0.2) is 35.5 Å². The third-order valence-corrected chi connectivity index (χ3v) is 7.03. The van der Waals surface area contributed by atoms with E-state index in [0.29, 0.717) is 37.7 Å². The van der Waals surface area contributed by atoms with E-state index in [-0.39, 0.29) is 16.5 Å². The zero-order valence-electron chi connectivity index (χ0n) is 16.9. The Kier molecular flexibility index (Phi) is 6.50. The molecule has 0 bridgehead atoms. The van der Waals surface area contributed by atoms with Gasteiger partial charge >= 0.3 is 0 Å². The van der Waals surface area contributed by atoms with Crippen molar-refractivity contribution in [2.75, 3.05) is 44.7 Å². The van der Waals surface area contributed by atoms with Crippen LogP contribution in [-0.2, 0) is 17.1 Å². The summed E-state index contributed by atoms with van der Waals surface area (Å²) in [4.78, 5) is 16.4. The second-order valence-corrected chi connectivity index (χ2v) is 9.41. The van der Waals surface area contributed by atoms with E-state index < -0.39 is 10.0 Å². The number of piperazine rings is 1. The first-order chi connectivity index (χ1) is 13.7. The van der Waals surface area contributed by atoms with Gasteiger partial charge in [-0.2, -0.15) is 9.40 Å². The molecular weight excluding hydrogens is 414 g/mol. The molecule has 158 valence electrons. The summed E-state index contributed by atoms with van der Waals surface area (Å²) in [6, 6.07) is 7.48. The quantitative estimate of drug-likeness (QED) is 0.688. The highest BCUT2D eigenvalue weighted by molar-refractivity contribution is 7.89. The standard InChI is InChI=1S/C19H26ClN5O3S/c1-4-9-22(2)19(26)17-14-23(3)21-18(17)29(27,28)25-12-10-24(11-13-25)16-7-5-15(20)6-8-16/h5-8,14H,4,9-13H2,1-3H3.